The van der Waals surface area contributed by atoms with Gasteiger partial charge in [-0.05, 0) is 114 Å². The lowest BCUT2D eigenvalue weighted by molar-refractivity contribution is 1.20. The van der Waals surface area contributed by atoms with Gasteiger partial charge in [-0.15, -0.1) is 0 Å². The highest BCUT2D eigenvalue weighted by Gasteiger charge is 2.41. The zero-order valence-electron chi connectivity index (χ0n) is 39.1. The normalized spacial score (nSPS) is 11.7. The van der Waals surface area contributed by atoms with E-state index >= 15 is 0 Å². The van der Waals surface area contributed by atoms with Gasteiger partial charge in [0.1, 0.15) is 0 Å². The van der Waals surface area contributed by atoms with E-state index in [0.29, 0.717) is 0 Å². The molecule has 0 saturated carbocycles. The van der Waals surface area contributed by atoms with E-state index in [1.807, 2.05) is 0 Å². The van der Waals surface area contributed by atoms with Gasteiger partial charge in [0.25, 0.3) is 0 Å². The van der Waals surface area contributed by atoms with Crippen LogP contribution in [0.3, 0.4) is 0 Å². The SMILES string of the molecule is c1ccc([Si](c2ccccc2)(c2ccccc2)c2ccc(N(c3ccc(-c4cccc5ccccc45)cc3)c3ccc(-c4cccc5c4c4ccccc4n5-c4cccc5ccccc45)cc3)cc2)cc1. The van der Waals surface area contributed by atoms with Gasteiger partial charge in [-0.25, -0.2) is 0 Å². The number of para-hydroxylation sites is 1. The van der Waals surface area contributed by atoms with Crippen LogP contribution >= 0.6 is 0 Å². The van der Waals surface area contributed by atoms with Gasteiger partial charge in [0.2, 0.25) is 0 Å². The van der Waals surface area contributed by atoms with Gasteiger partial charge in [0.05, 0.1) is 16.7 Å². The minimum Gasteiger partial charge on any atom is -0.311 e. The zero-order chi connectivity index (χ0) is 47.1. The van der Waals surface area contributed by atoms with E-state index in [4.69, 9.17) is 0 Å². The number of anilines is 3. The molecule has 13 rings (SSSR count). The van der Waals surface area contributed by atoms with Crippen molar-refractivity contribution in [3.63, 3.8) is 0 Å². The average Bonchev–Trinajstić information content (AvgIpc) is 3.79. The van der Waals surface area contributed by atoms with Crippen molar-refractivity contribution in [2.24, 2.45) is 0 Å². The molecule has 2 nitrogen and oxygen atoms in total. The number of aromatic nitrogens is 1. The van der Waals surface area contributed by atoms with Crippen LogP contribution in [0.2, 0.25) is 0 Å². The number of benzene rings is 12. The number of hydrogen-bond donors (Lipinski definition) is 0. The molecule has 0 aliphatic heterocycles. The molecular formula is C68H48N2Si. The van der Waals surface area contributed by atoms with E-state index in [-0.39, 0.29) is 0 Å². The molecule has 0 N–H and O–H groups in total. The van der Waals surface area contributed by atoms with E-state index in [1.165, 1.54) is 92.0 Å². The van der Waals surface area contributed by atoms with Crippen molar-refractivity contribution in [2.45, 2.75) is 0 Å². The van der Waals surface area contributed by atoms with E-state index in [1.54, 1.807) is 0 Å². The Bertz CT molecular complexity index is 3910. The molecule has 0 fully saturated rings. The second-order valence-electron chi connectivity index (χ2n) is 18.4. The molecular weight excluding hydrogens is 873 g/mol. The zero-order valence-corrected chi connectivity index (χ0v) is 40.1. The van der Waals surface area contributed by atoms with Gasteiger partial charge in [0.15, 0.2) is 8.07 Å². The summed E-state index contributed by atoms with van der Waals surface area (Å²) in [6, 6.07) is 107. The fraction of sp³-hybridized carbons (Fsp3) is 0. The Morgan fingerprint density at radius 3 is 1.25 bits per heavy atom. The standard InChI is InChI=1S/C68H48N2Si/c1-4-23-56(24-5-1)71(57-25-6-2-7-26-57,58-27-8-3-9-28-58)59-47-45-55(46-48-59)69(53-41-37-51(38-42-53)61-32-16-21-49-19-10-12-29-60(49)61)54-43-39-52(40-44-54)63-33-18-36-67-68(63)64-31-14-15-34-66(64)70(67)65-35-17-22-50-20-11-13-30-62(50)65/h1-48H. The van der Waals surface area contributed by atoms with Crippen LogP contribution in [0, 0.1) is 0 Å². The lowest BCUT2D eigenvalue weighted by Crippen LogP contribution is -2.74. The molecule has 0 spiro atoms. The third-order valence-electron chi connectivity index (χ3n) is 14.5. The Morgan fingerprint density at radius 1 is 0.268 bits per heavy atom. The molecule has 3 heteroatoms. The summed E-state index contributed by atoms with van der Waals surface area (Å²) >= 11 is 0. The number of fused-ring (bicyclic) bond motifs is 5. The largest absolute Gasteiger partial charge is 0.311 e. The smallest absolute Gasteiger partial charge is 0.179 e. The first-order valence-electron chi connectivity index (χ1n) is 24.5. The molecule has 0 aliphatic carbocycles. The monoisotopic (exact) mass is 920 g/mol. The summed E-state index contributed by atoms with van der Waals surface area (Å²) in [6.45, 7) is 0. The lowest BCUT2D eigenvalue weighted by atomic mass is 9.98. The number of hydrogen-bond acceptors (Lipinski definition) is 1. The first kappa shape index (κ1) is 42.1. The fourth-order valence-electron chi connectivity index (χ4n) is 11.4. The fourth-order valence-corrected chi connectivity index (χ4v) is 16.1. The Kier molecular flexibility index (Phi) is 10.6. The highest BCUT2D eigenvalue weighted by atomic mass is 28.3. The molecule has 334 valence electrons. The molecule has 13 aromatic rings. The van der Waals surface area contributed by atoms with Crippen molar-refractivity contribution >= 4 is 89.2 Å². The van der Waals surface area contributed by atoms with Crippen LogP contribution in [-0.4, -0.2) is 12.6 Å². The van der Waals surface area contributed by atoms with Crippen LogP contribution < -0.4 is 25.6 Å². The lowest BCUT2D eigenvalue weighted by Gasteiger charge is -2.35. The molecule has 0 aliphatic rings. The molecule has 0 unspecified atom stereocenters. The average molecular weight is 921 g/mol. The van der Waals surface area contributed by atoms with Gasteiger partial charge in [-0.1, -0.05) is 237 Å². The van der Waals surface area contributed by atoms with Crippen LogP contribution in [0.15, 0.2) is 291 Å². The quantitative estimate of drug-likeness (QED) is 0.0980. The summed E-state index contributed by atoms with van der Waals surface area (Å²) in [5.41, 5.74) is 11.7. The second kappa shape index (κ2) is 17.8. The van der Waals surface area contributed by atoms with Crippen molar-refractivity contribution < 1.29 is 0 Å². The molecule has 0 radical (unpaired) electrons. The van der Waals surface area contributed by atoms with Crippen molar-refractivity contribution in [1.29, 1.82) is 0 Å². The summed E-state index contributed by atoms with van der Waals surface area (Å²) < 4.78 is 2.45. The van der Waals surface area contributed by atoms with Gasteiger partial charge < -0.3 is 9.47 Å². The van der Waals surface area contributed by atoms with Gasteiger partial charge in [-0.3, -0.25) is 0 Å². The van der Waals surface area contributed by atoms with E-state index in [9.17, 15) is 0 Å². The van der Waals surface area contributed by atoms with Gasteiger partial charge >= 0.3 is 0 Å². The predicted octanol–water partition coefficient (Wildman–Crippen LogP) is 15.3. The summed E-state index contributed by atoms with van der Waals surface area (Å²) in [5, 5.41) is 12.9. The molecule has 0 bridgehead atoms. The highest BCUT2D eigenvalue weighted by molar-refractivity contribution is 7.19. The molecule has 71 heavy (non-hydrogen) atoms. The maximum atomic E-state index is 2.45. The molecule has 1 heterocycles. The van der Waals surface area contributed by atoms with E-state index < -0.39 is 8.07 Å². The predicted molar refractivity (Wildman–Crippen MR) is 305 cm³/mol. The Labute approximate surface area is 415 Å². The van der Waals surface area contributed by atoms with E-state index in [0.717, 1.165) is 17.1 Å². The number of rotatable bonds is 10. The first-order chi connectivity index (χ1) is 35.2. The molecule has 0 amide bonds. The molecule has 12 aromatic carbocycles. The molecule has 1 aromatic heterocycles. The Morgan fingerprint density at radius 2 is 0.662 bits per heavy atom. The van der Waals surface area contributed by atoms with Gasteiger partial charge in [-0.2, -0.15) is 0 Å². The second-order valence-corrected chi connectivity index (χ2v) is 22.2. The van der Waals surface area contributed by atoms with Crippen molar-refractivity contribution in [3.8, 4) is 27.9 Å². The summed E-state index contributed by atoms with van der Waals surface area (Å²) in [7, 11) is -2.72. The maximum Gasteiger partial charge on any atom is 0.179 e. The van der Waals surface area contributed by atoms with Crippen LogP contribution in [0.5, 0.6) is 0 Å². The number of nitrogens with zero attached hydrogens (tertiary/aromatic N) is 2. The van der Waals surface area contributed by atoms with Crippen molar-refractivity contribution in [3.05, 3.63) is 291 Å². The van der Waals surface area contributed by atoms with E-state index in [2.05, 4.69) is 301 Å². The summed E-state index contributed by atoms with van der Waals surface area (Å²) in [6.07, 6.45) is 0. The van der Waals surface area contributed by atoms with Crippen molar-refractivity contribution in [2.75, 3.05) is 4.90 Å². The minimum absolute atomic E-state index is 1.09. The summed E-state index contributed by atoms with van der Waals surface area (Å²) in [5.74, 6) is 0. The topological polar surface area (TPSA) is 8.17 Å². The van der Waals surface area contributed by atoms with Gasteiger partial charge in [0, 0.05) is 33.2 Å². The van der Waals surface area contributed by atoms with Crippen LogP contribution in [-0.2, 0) is 0 Å². The van der Waals surface area contributed by atoms with Crippen LogP contribution in [0.25, 0.3) is 71.3 Å². The maximum absolute atomic E-state index is 2.72. The minimum atomic E-state index is -2.72. The molecule has 0 atom stereocenters. The van der Waals surface area contributed by atoms with Crippen LogP contribution in [0.1, 0.15) is 0 Å². The van der Waals surface area contributed by atoms with Crippen molar-refractivity contribution in [1.82, 2.24) is 4.57 Å². The third-order valence-corrected chi connectivity index (χ3v) is 19.3. The first-order valence-corrected chi connectivity index (χ1v) is 26.5. The summed E-state index contributed by atoms with van der Waals surface area (Å²) in [4.78, 5) is 2.41. The third kappa shape index (κ3) is 7.17. The molecule has 0 saturated heterocycles. The Hall–Kier alpha value is -9.02. The van der Waals surface area contributed by atoms with Crippen LogP contribution in [0.4, 0.5) is 17.1 Å². The highest BCUT2D eigenvalue weighted by Crippen LogP contribution is 2.42. The Balaban J connectivity index is 0.955.